The topological polar surface area (TPSA) is 80.2 Å². The predicted octanol–water partition coefficient (Wildman–Crippen LogP) is 1.64. The van der Waals surface area contributed by atoms with Gasteiger partial charge in [-0.1, -0.05) is 11.8 Å². The Hall–Kier alpha value is -2.43. The maximum absolute atomic E-state index is 13.7. The molecule has 7 nitrogen and oxygen atoms in total. The monoisotopic (exact) mass is 389 g/mol. The number of carbonyl (C=O) groups is 2. The second-order valence-electron chi connectivity index (χ2n) is 5.43. The molecule has 2 aliphatic heterocycles. The Labute approximate surface area is 150 Å². The third-order valence-corrected chi connectivity index (χ3v) is 4.90. The van der Waals surface area contributed by atoms with Crippen molar-refractivity contribution in [1.29, 1.82) is 0 Å². The van der Waals surface area contributed by atoms with Gasteiger partial charge in [0.1, 0.15) is 0 Å². The van der Waals surface area contributed by atoms with Gasteiger partial charge in [-0.3, -0.25) is 14.5 Å². The summed E-state index contributed by atoms with van der Waals surface area (Å²) in [5.74, 6) is -1.47. The number of alkyl halides is 3. The number of rotatable bonds is 4. The average Bonchev–Trinajstić information content (AvgIpc) is 3.15. The fourth-order valence-electron chi connectivity index (χ4n) is 2.62. The molecule has 1 saturated heterocycles. The molecule has 2 aliphatic rings. The number of halogens is 3. The van der Waals surface area contributed by atoms with Crippen molar-refractivity contribution < 1.29 is 32.2 Å². The number of nitrogens with one attached hydrogen (secondary N) is 1. The molecule has 1 N–H and O–H groups in total. The van der Waals surface area contributed by atoms with Crippen molar-refractivity contribution in [3.63, 3.8) is 0 Å². The van der Waals surface area contributed by atoms with E-state index in [2.05, 4.69) is 4.99 Å². The molecule has 1 fully saturated rings. The first-order valence-corrected chi connectivity index (χ1v) is 8.38. The molecule has 26 heavy (non-hydrogen) atoms. The number of hydrogen-bond donors (Lipinski definition) is 1. The van der Waals surface area contributed by atoms with Crippen LogP contribution in [0.4, 0.5) is 13.2 Å². The normalized spacial score (nSPS) is 22.1. The number of fused-ring (bicyclic) bond motifs is 1. The number of ether oxygens (including phenoxy) is 2. The summed E-state index contributed by atoms with van der Waals surface area (Å²) in [5.41, 5.74) is -3.45. The molecule has 3 rings (SSSR count). The SMILES string of the molecule is COc1ccc(C(=O)N[C@@]2(C(F)(F)F)N=C3SCCN3C2=O)cc1OC. The van der Waals surface area contributed by atoms with Gasteiger partial charge in [-0.15, -0.1) is 0 Å². The summed E-state index contributed by atoms with van der Waals surface area (Å²) in [4.78, 5) is 29.3. The fraction of sp³-hybridized carbons (Fsp3) is 0.400. The van der Waals surface area contributed by atoms with E-state index in [1.54, 1.807) is 5.32 Å². The number of carbonyl (C=O) groups excluding carboxylic acids is 2. The zero-order valence-electron chi connectivity index (χ0n) is 13.7. The highest BCUT2D eigenvalue weighted by molar-refractivity contribution is 8.14. The van der Waals surface area contributed by atoms with Crippen LogP contribution in [0.5, 0.6) is 11.5 Å². The lowest BCUT2D eigenvalue weighted by atomic mass is 10.1. The standard InChI is InChI=1S/C15H14F3N3O4S/c1-24-9-4-3-8(7-10(9)25-2)11(22)19-14(15(16,17)18)12(23)21-5-6-26-13(21)20-14/h3-4,7H,5-6H2,1-2H3,(H,19,22)/t14-/m1/s1. The van der Waals surface area contributed by atoms with Crippen molar-refractivity contribution in [2.75, 3.05) is 26.5 Å². The maximum atomic E-state index is 13.7. The van der Waals surface area contributed by atoms with Crippen molar-refractivity contribution in [1.82, 2.24) is 10.2 Å². The molecular weight excluding hydrogens is 375 g/mol. The molecule has 11 heteroatoms. The number of amides is 2. The zero-order valence-corrected chi connectivity index (χ0v) is 14.5. The van der Waals surface area contributed by atoms with E-state index in [9.17, 15) is 22.8 Å². The van der Waals surface area contributed by atoms with Crippen molar-refractivity contribution >= 4 is 28.7 Å². The molecule has 1 aromatic rings. The van der Waals surface area contributed by atoms with E-state index in [-0.39, 0.29) is 23.0 Å². The van der Waals surface area contributed by atoms with Gasteiger partial charge in [-0.25, -0.2) is 4.99 Å². The summed E-state index contributed by atoms with van der Waals surface area (Å²) in [6.45, 7) is 0.117. The van der Waals surface area contributed by atoms with Gasteiger partial charge in [0.2, 0.25) is 0 Å². The van der Waals surface area contributed by atoms with Gasteiger partial charge in [0.05, 0.1) is 14.2 Å². The molecule has 140 valence electrons. The summed E-state index contributed by atoms with van der Waals surface area (Å²) in [6, 6.07) is 3.87. The van der Waals surface area contributed by atoms with Crippen LogP contribution < -0.4 is 14.8 Å². The minimum atomic E-state index is -5.09. The van der Waals surface area contributed by atoms with Crippen LogP contribution in [0.1, 0.15) is 10.4 Å². The van der Waals surface area contributed by atoms with Crippen LogP contribution in [-0.4, -0.2) is 60.2 Å². The number of nitrogens with zero attached hydrogens (tertiary/aromatic N) is 2. The average molecular weight is 389 g/mol. The third-order valence-electron chi connectivity index (χ3n) is 3.95. The summed E-state index contributed by atoms with van der Waals surface area (Å²) < 4.78 is 51.1. The molecule has 0 aromatic heterocycles. The summed E-state index contributed by atoms with van der Waals surface area (Å²) in [7, 11) is 2.71. The maximum Gasteiger partial charge on any atom is 0.442 e. The van der Waals surface area contributed by atoms with Crippen LogP contribution in [0.3, 0.4) is 0 Å². The van der Waals surface area contributed by atoms with Crippen LogP contribution >= 0.6 is 11.8 Å². The Morgan fingerprint density at radius 1 is 1.31 bits per heavy atom. The number of aliphatic imine (C=N–C) groups is 1. The first kappa shape index (κ1) is 18.4. The second-order valence-corrected chi connectivity index (χ2v) is 6.49. The largest absolute Gasteiger partial charge is 0.493 e. The number of amidine groups is 1. The number of hydrogen-bond acceptors (Lipinski definition) is 6. The summed E-state index contributed by atoms with van der Waals surface area (Å²) >= 11 is 1.04. The number of benzene rings is 1. The van der Waals surface area contributed by atoms with E-state index in [0.29, 0.717) is 11.5 Å². The van der Waals surface area contributed by atoms with Crippen molar-refractivity contribution in [2.24, 2.45) is 4.99 Å². The Morgan fingerprint density at radius 2 is 2.00 bits per heavy atom. The van der Waals surface area contributed by atoms with Crippen LogP contribution in [0.25, 0.3) is 0 Å². The van der Waals surface area contributed by atoms with E-state index in [0.717, 1.165) is 16.7 Å². The predicted molar refractivity (Wildman–Crippen MR) is 87.4 cm³/mol. The molecule has 0 aliphatic carbocycles. The Bertz CT molecular complexity index is 799. The molecule has 0 saturated carbocycles. The van der Waals surface area contributed by atoms with E-state index >= 15 is 0 Å². The molecule has 0 unspecified atom stereocenters. The quantitative estimate of drug-likeness (QED) is 0.847. The van der Waals surface area contributed by atoms with Gasteiger partial charge >= 0.3 is 11.8 Å². The highest BCUT2D eigenvalue weighted by Gasteiger charge is 2.67. The van der Waals surface area contributed by atoms with Gasteiger partial charge in [-0.05, 0) is 18.2 Å². The Balaban J connectivity index is 1.95. The van der Waals surface area contributed by atoms with Crippen molar-refractivity contribution in [3.8, 4) is 11.5 Å². The first-order chi connectivity index (χ1) is 12.2. The smallest absolute Gasteiger partial charge is 0.442 e. The van der Waals surface area contributed by atoms with E-state index < -0.39 is 23.7 Å². The first-order valence-electron chi connectivity index (χ1n) is 7.39. The van der Waals surface area contributed by atoms with Gasteiger partial charge in [0.15, 0.2) is 16.7 Å². The molecule has 0 spiro atoms. The molecule has 0 bridgehead atoms. The van der Waals surface area contributed by atoms with Crippen molar-refractivity contribution in [3.05, 3.63) is 23.8 Å². The summed E-state index contributed by atoms with van der Waals surface area (Å²) in [5, 5.41) is 1.72. The number of thioether (sulfide) groups is 1. The molecule has 0 radical (unpaired) electrons. The van der Waals surface area contributed by atoms with E-state index in [1.807, 2.05) is 0 Å². The Kier molecular flexibility index (Phi) is 4.51. The second kappa shape index (κ2) is 6.38. The van der Waals surface area contributed by atoms with Gasteiger partial charge in [-0.2, -0.15) is 13.2 Å². The highest BCUT2D eigenvalue weighted by atomic mass is 32.2. The Morgan fingerprint density at radius 3 is 2.58 bits per heavy atom. The minimum absolute atomic E-state index is 0.0417. The van der Waals surface area contributed by atoms with Crippen LogP contribution in [0, 0.1) is 0 Å². The van der Waals surface area contributed by atoms with Crippen LogP contribution in [0.15, 0.2) is 23.2 Å². The van der Waals surface area contributed by atoms with Gasteiger partial charge in [0.25, 0.3) is 11.8 Å². The van der Waals surface area contributed by atoms with Crippen molar-refractivity contribution in [2.45, 2.75) is 11.8 Å². The van der Waals surface area contributed by atoms with Crippen LogP contribution in [0.2, 0.25) is 0 Å². The van der Waals surface area contributed by atoms with E-state index in [4.69, 9.17) is 9.47 Å². The van der Waals surface area contributed by atoms with Crippen LogP contribution in [-0.2, 0) is 4.79 Å². The minimum Gasteiger partial charge on any atom is -0.493 e. The highest BCUT2D eigenvalue weighted by Crippen LogP contribution is 2.41. The fourth-order valence-corrected chi connectivity index (χ4v) is 3.61. The zero-order chi connectivity index (χ0) is 19.1. The van der Waals surface area contributed by atoms with Gasteiger partial charge in [0, 0.05) is 17.9 Å². The third kappa shape index (κ3) is 2.75. The molecule has 2 amide bonds. The summed E-state index contributed by atoms with van der Waals surface area (Å²) in [6.07, 6.45) is -5.09. The molecule has 1 aromatic carbocycles. The molecular formula is C15H14F3N3O4S. The lowest BCUT2D eigenvalue weighted by Gasteiger charge is -2.28. The lowest BCUT2D eigenvalue weighted by molar-refractivity contribution is -0.196. The molecule has 2 heterocycles. The lowest BCUT2D eigenvalue weighted by Crippen LogP contribution is -2.63. The van der Waals surface area contributed by atoms with E-state index in [1.165, 1.54) is 32.4 Å². The molecule has 1 atom stereocenters. The van der Waals surface area contributed by atoms with Gasteiger partial charge < -0.3 is 14.8 Å². The number of methoxy groups -OCH3 is 2.